The molecule has 0 aromatic rings. The monoisotopic (exact) mass is 258 g/mol. The Morgan fingerprint density at radius 1 is 1.47 bits per heavy atom. The van der Waals surface area contributed by atoms with Gasteiger partial charge in [0.15, 0.2) is 0 Å². The Kier molecular flexibility index (Phi) is 4.28. The molecule has 0 aromatic carbocycles. The van der Waals surface area contributed by atoms with Crippen LogP contribution in [0.3, 0.4) is 0 Å². The molecule has 17 heavy (non-hydrogen) atoms. The van der Waals surface area contributed by atoms with Gasteiger partial charge in [-0.1, -0.05) is 0 Å². The zero-order chi connectivity index (χ0) is 12.3. The Labute approximate surface area is 105 Å². The Morgan fingerprint density at radius 2 is 2.24 bits per heavy atom. The minimum Gasteiger partial charge on any atom is -0.464 e. The third-order valence-electron chi connectivity index (χ3n) is 3.10. The molecule has 1 atom stereocenters. The normalized spacial score (nSPS) is 25.2. The predicted molar refractivity (Wildman–Crippen MR) is 65.8 cm³/mol. The summed E-state index contributed by atoms with van der Waals surface area (Å²) in [5.41, 5.74) is 0. The molecular weight excluding hydrogens is 240 g/mol. The standard InChI is InChI=1S/C11H18N2O3S/c1-2-16-11(15)9-7-17-4-3-13(9)10(14)8-5-12-6-8/h8-9,12H,2-7H2,1H3. The van der Waals surface area contributed by atoms with Gasteiger partial charge in [0.2, 0.25) is 5.91 Å². The molecule has 0 spiro atoms. The van der Waals surface area contributed by atoms with Crippen LogP contribution in [-0.2, 0) is 14.3 Å². The van der Waals surface area contributed by atoms with Crippen LogP contribution in [0.1, 0.15) is 6.92 Å². The number of rotatable bonds is 3. The first-order chi connectivity index (χ1) is 8.24. The number of nitrogens with zero attached hydrogens (tertiary/aromatic N) is 1. The molecule has 2 heterocycles. The maximum absolute atomic E-state index is 12.2. The molecule has 2 saturated heterocycles. The molecule has 6 heteroatoms. The number of hydrogen-bond acceptors (Lipinski definition) is 5. The average Bonchev–Trinajstić information content (AvgIpc) is 2.27. The lowest BCUT2D eigenvalue weighted by molar-refractivity contribution is -0.155. The van der Waals surface area contributed by atoms with E-state index in [1.165, 1.54) is 0 Å². The Hall–Kier alpha value is -0.750. The highest BCUT2D eigenvalue weighted by atomic mass is 32.2. The Morgan fingerprint density at radius 3 is 2.82 bits per heavy atom. The van der Waals surface area contributed by atoms with Crippen LogP contribution in [0.4, 0.5) is 0 Å². The van der Waals surface area contributed by atoms with E-state index in [9.17, 15) is 9.59 Å². The molecule has 2 fully saturated rings. The summed E-state index contributed by atoms with van der Waals surface area (Å²) < 4.78 is 5.03. The number of carbonyl (C=O) groups excluding carboxylic acids is 2. The van der Waals surface area contributed by atoms with Crippen LogP contribution < -0.4 is 5.32 Å². The van der Waals surface area contributed by atoms with Gasteiger partial charge in [-0.15, -0.1) is 0 Å². The van der Waals surface area contributed by atoms with Crippen molar-refractivity contribution in [1.29, 1.82) is 0 Å². The fraction of sp³-hybridized carbons (Fsp3) is 0.818. The van der Waals surface area contributed by atoms with E-state index in [2.05, 4.69) is 5.32 Å². The highest BCUT2D eigenvalue weighted by Crippen LogP contribution is 2.21. The van der Waals surface area contributed by atoms with Crippen LogP contribution in [0, 0.1) is 5.92 Å². The van der Waals surface area contributed by atoms with E-state index in [0.717, 1.165) is 18.8 Å². The van der Waals surface area contributed by atoms with Crippen LogP contribution in [0.25, 0.3) is 0 Å². The van der Waals surface area contributed by atoms with E-state index in [1.807, 2.05) is 0 Å². The first-order valence-electron chi connectivity index (χ1n) is 5.99. The quantitative estimate of drug-likeness (QED) is 0.705. The van der Waals surface area contributed by atoms with Crippen LogP contribution >= 0.6 is 11.8 Å². The third kappa shape index (κ3) is 2.74. The van der Waals surface area contributed by atoms with E-state index in [0.29, 0.717) is 18.9 Å². The van der Waals surface area contributed by atoms with Gasteiger partial charge in [0.1, 0.15) is 6.04 Å². The number of nitrogens with one attached hydrogen (secondary N) is 1. The first-order valence-corrected chi connectivity index (χ1v) is 7.15. The summed E-state index contributed by atoms with van der Waals surface area (Å²) >= 11 is 1.71. The van der Waals surface area contributed by atoms with Gasteiger partial charge in [0.05, 0.1) is 12.5 Å². The minimum absolute atomic E-state index is 0.0510. The Balaban J connectivity index is 2.00. The van der Waals surface area contributed by atoms with E-state index in [1.54, 1.807) is 23.6 Å². The maximum atomic E-state index is 12.2. The van der Waals surface area contributed by atoms with Gasteiger partial charge in [0.25, 0.3) is 0 Å². The summed E-state index contributed by atoms with van der Waals surface area (Å²) in [6.45, 7) is 4.28. The second kappa shape index (κ2) is 5.73. The van der Waals surface area contributed by atoms with Crippen molar-refractivity contribution in [3.8, 4) is 0 Å². The van der Waals surface area contributed by atoms with Crippen LogP contribution in [0.2, 0.25) is 0 Å². The van der Waals surface area contributed by atoms with Crippen molar-refractivity contribution in [2.24, 2.45) is 5.92 Å². The summed E-state index contributed by atoms with van der Waals surface area (Å²) in [5, 5.41) is 3.08. The molecule has 1 amide bonds. The second-order valence-corrected chi connectivity index (χ2v) is 5.38. The zero-order valence-electron chi connectivity index (χ0n) is 9.98. The van der Waals surface area contributed by atoms with Gasteiger partial charge in [-0.2, -0.15) is 11.8 Å². The molecule has 0 aromatic heterocycles. The lowest BCUT2D eigenvalue weighted by Gasteiger charge is -2.38. The topological polar surface area (TPSA) is 58.6 Å². The van der Waals surface area contributed by atoms with Crippen LogP contribution in [-0.4, -0.2) is 60.6 Å². The van der Waals surface area contributed by atoms with Gasteiger partial charge in [-0.25, -0.2) is 4.79 Å². The summed E-state index contributed by atoms with van der Waals surface area (Å²) in [7, 11) is 0. The van der Waals surface area contributed by atoms with E-state index >= 15 is 0 Å². The molecule has 2 aliphatic heterocycles. The van der Waals surface area contributed by atoms with Crippen molar-refractivity contribution < 1.29 is 14.3 Å². The molecule has 0 bridgehead atoms. The van der Waals surface area contributed by atoms with Crippen molar-refractivity contribution in [2.75, 3.05) is 37.7 Å². The van der Waals surface area contributed by atoms with Gasteiger partial charge in [-0.05, 0) is 6.92 Å². The van der Waals surface area contributed by atoms with Crippen molar-refractivity contribution >= 4 is 23.6 Å². The third-order valence-corrected chi connectivity index (χ3v) is 4.12. The highest BCUT2D eigenvalue weighted by molar-refractivity contribution is 7.99. The fourth-order valence-corrected chi connectivity index (χ4v) is 3.03. The van der Waals surface area contributed by atoms with Gasteiger partial charge in [0, 0.05) is 31.1 Å². The van der Waals surface area contributed by atoms with Crippen LogP contribution in [0.15, 0.2) is 0 Å². The molecular formula is C11H18N2O3S. The number of esters is 1. The number of carbonyl (C=O) groups is 2. The lowest BCUT2D eigenvalue weighted by Crippen LogP contribution is -2.58. The molecule has 96 valence electrons. The van der Waals surface area contributed by atoms with Crippen LogP contribution in [0.5, 0.6) is 0 Å². The lowest BCUT2D eigenvalue weighted by atomic mass is 10.0. The molecule has 2 aliphatic rings. The fourth-order valence-electron chi connectivity index (χ4n) is 2.00. The van der Waals surface area contributed by atoms with Crippen molar-refractivity contribution in [1.82, 2.24) is 10.2 Å². The largest absolute Gasteiger partial charge is 0.464 e. The van der Waals surface area contributed by atoms with Crippen molar-refractivity contribution in [2.45, 2.75) is 13.0 Å². The highest BCUT2D eigenvalue weighted by Gasteiger charge is 2.38. The first kappa shape index (κ1) is 12.7. The summed E-state index contributed by atoms with van der Waals surface area (Å²) in [4.78, 5) is 25.7. The van der Waals surface area contributed by atoms with E-state index in [-0.39, 0.29) is 23.8 Å². The molecule has 0 radical (unpaired) electrons. The smallest absolute Gasteiger partial charge is 0.329 e. The SMILES string of the molecule is CCOC(=O)C1CSCCN1C(=O)C1CNC1. The minimum atomic E-state index is -0.387. The molecule has 1 N–H and O–H groups in total. The molecule has 2 rings (SSSR count). The number of ether oxygens (including phenoxy) is 1. The van der Waals surface area contributed by atoms with Gasteiger partial charge in [-0.3, -0.25) is 4.79 Å². The number of amides is 1. The molecule has 0 aliphatic carbocycles. The van der Waals surface area contributed by atoms with Gasteiger partial charge < -0.3 is 15.0 Å². The zero-order valence-corrected chi connectivity index (χ0v) is 10.8. The summed E-state index contributed by atoms with van der Waals surface area (Å²) in [6, 6.07) is -0.387. The molecule has 0 saturated carbocycles. The number of hydrogen-bond donors (Lipinski definition) is 1. The summed E-state index contributed by atoms with van der Waals surface area (Å²) in [5.74, 6) is 1.45. The summed E-state index contributed by atoms with van der Waals surface area (Å²) in [6.07, 6.45) is 0. The molecule has 5 nitrogen and oxygen atoms in total. The maximum Gasteiger partial charge on any atom is 0.329 e. The Bertz CT molecular complexity index is 307. The predicted octanol–water partition coefficient (Wildman–Crippen LogP) is -0.287. The second-order valence-electron chi connectivity index (χ2n) is 4.23. The average molecular weight is 258 g/mol. The van der Waals surface area contributed by atoms with Gasteiger partial charge >= 0.3 is 5.97 Å². The number of thioether (sulfide) groups is 1. The van der Waals surface area contributed by atoms with E-state index < -0.39 is 0 Å². The van der Waals surface area contributed by atoms with E-state index in [4.69, 9.17) is 4.74 Å². The van der Waals surface area contributed by atoms with Crippen molar-refractivity contribution in [3.05, 3.63) is 0 Å². The van der Waals surface area contributed by atoms with Crippen molar-refractivity contribution in [3.63, 3.8) is 0 Å². The molecule has 1 unspecified atom stereocenters.